The van der Waals surface area contributed by atoms with Crippen LogP contribution >= 0.6 is 0 Å². The van der Waals surface area contributed by atoms with Gasteiger partial charge in [-0.3, -0.25) is 0 Å². The van der Waals surface area contributed by atoms with Crippen molar-refractivity contribution in [1.82, 2.24) is 0 Å². The van der Waals surface area contributed by atoms with E-state index in [-0.39, 0.29) is 36.3 Å². The molecule has 3 aromatic rings. The van der Waals surface area contributed by atoms with Gasteiger partial charge in [0.25, 0.3) is 0 Å². The van der Waals surface area contributed by atoms with E-state index in [4.69, 9.17) is 9.47 Å². The quantitative estimate of drug-likeness (QED) is 0.341. The molecule has 34 heavy (non-hydrogen) atoms. The van der Waals surface area contributed by atoms with Gasteiger partial charge in [0, 0.05) is 28.2 Å². The summed E-state index contributed by atoms with van der Waals surface area (Å²) in [7, 11) is 0. The van der Waals surface area contributed by atoms with E-state index < -0.39 is 40.5 Å². The fourth-order valence-electron chi connectivity index (χ4n) is 4.25. The molecular weight excluding hydrogens is 451 g/mol. The molecular formula is C27H23F5O2. The molecule has 4 rings (SSSR count). The van der Waals surface area contributed by atoms with Gasteiger partial charge in [0.2, 0.25) is 5.82 Å². The highest BCUT2D eigenvalue weighted by Crippen LogP contribution is 2.39. The van der Waals surface area contributed by atoms with Crippen molar-refractivity contribution >= 4 is 6.08 Å². The van der Waals surface area contributed by atoms with E-state index in [0.29, 0.717) is 18.4 Å². The molecule has 2 atom stereocenters. The largest absolute Gasteiger partial charge is 0.491 e. The van der Waals surface area contributed by atoms with Crippen molar-refractivity contribution in [2.45, 2.75) is 31.8 Å². The maximum absolute atomic E-state index is 15.0. The maximum atomic E-state index is 15.0. The van der Waals surface area contributed by atoms with Gasteiger partial charge in [0.15, 0.2) is 23.2 Å². The van der Waals surface area contributed by atoms with Crippen LogP contribution in [0.3, 0.4) is 0 Å². The first-order valence-electron chi connectivity index (χ1n) is 11.0. The van der Waals surface area contributed by atoms with Gasteiger partial charge in [-0.2, -0.15) is 4.39 Å². The van der Waals surface area contributed by atoms with Crippen LogP contribution in [0.4, 0.5) is 22.0 Å². The molecule has 1 aliphatic heterocycles. The van der Waals surface area contributed by atoms with Crippen LogP contribution in [0.5, 0.6) is 5.75 Å². The zero-order valence-electron chi connectivity index (χ0n) is 18.5. The van der Waals surface area contributed by atoms with Crippen LogP contribution in [-0.4, -0.2) is 13.2 Å². The standard InChI is InChI=1S/C27H23F5O2/c1-3-15-5-6-16(13-21(15)28)17-7-11-22(34-14-17)20-9-8-18(24(29)26(20)31)19-10-12-23(33-4-2)27(32)25(19)30/h3,5-6,8-10,12-13,17,22H,1,4,7,11,14H2,2H3. The summed E-state index contributed by atoms with van der Waals surface area (Å²) < 4.78 is 83.5. The predicted octanol–water partition coefficient (Wildman–Crippen LogP) is 7.73. The molecule has 1 fully saturated rings. The Morgan fingerprint density at radius 2 is 1.62 bits per heavy atom. The number of benzene rings is 3. The van der Waals surface area contributed by atoms with E-state index >= 15 is 0 Å². The highest BCUT2D eigenvalue weighted by atomic mass is 19.2. The summed E-state index contributed by atoms with van der Waals surface area (Å²) in [5.41, 5.74) is 0.363. The molecule has 0 saturated carbocycles. The van der Waals surface area contributed by atoms with Crippen molar-refractivity contribution in [3.8, 4) is 16.9 Å². The molecule has 0 aromatic heterocycles. The third kappa shape index (κ3) is 4.44. The van der Waals surface area contributed by atoms with Crippen molar-refractivity contribution in [3.05, 3.63) is 94.8 Å². The fraction of sp³-hybridized carbons (Fsp3) is 0.259. The molecule has 0 bridgehead atoms. The second kappa shape index (κ2) is 9.97. The van der Waals surface area contributed by atoms with Gasteiger partial charge in [-0.05, 0) is 43.5 Å². The van der Waals surface area contributed by atoms with Crippen LogP contribution < -0.4 is 4.74 Å². The summed E-state index contributed by atoms with van der Waals surface area (Å²) in [5, 5.41) is 0. The number of ether oxygens (including phenoxy) is 2. The van der Waals surface area contributed by atoms with Crippen LogP contribution in [0, 0.1) is 29.1 Å². The molecule has 2 unspecified atom stereocenters. The van der Waals surface area contributed by atoms with E-state index in [1.165, 1.54) is 30.3 Å². The van der Waals surface area contributed by atoms with Crippen LogP contribution in [0.15, 0.2) is 49.0 Å². The lowest BCUT2D eigenvalue weighted by Crippen LogP contribution is -2.20. The smallest absolute Gasteiger partial charge is 0.201 e. The zero-order chi connectivity index (χ0) is 24.4. The van der Waals surface area contributed by atoms with Crippen molar-refractivity contribution in [3.63, 3.8) is 0 Å². The van der Waals surface area contributed by atoms with Gasteiger partial charge in [-0.1, -0.05) is 36.9 Å². The Hall–Kier alpha value is -3.19. The predicted molar refractivity (Wildman–Crippen MR) is 120 cm³/mol. The molecule has 0 spiro atoms. The Kier molecular flexibility index (Phi) is 7.03. The fourth-order valence-corrected chi connectivity index (χ4v) is 4.25. The third-order valence-corrected chi connectivity index (χ3v) is 6.09. The first-order valence-corrected chi connectivity index (χ1v) is 11.0. The van der Waals surface area contributed by atoms with E-state index in [9.17, 15) is 22.0 Å². The van der Waals surface area contributed by atoms with Gasteiger partial charge in [0.05, 0.1) is 19.3 Å². The normalized spacial score (nSPS) is 18.1. The lowest BCUT2D eigenvalue weighted by molar-refractivity contribution is 0.0000540. The second-order valence-corrected chi connectivity index (χ2v) is 8.08. The number of hydrogen-bond donors (Lipinski definition) is 0. The lowest BCUT2D eigenvalue weighted by atomic mass is 9.88. The molecule has 2 nitrogen and oxygen atoms in total. The summed E-state index contributed by atoms with van der Waals surface area (Å²) in [6.45, 7) is 5.52. The van der Waals surface area contributed by atoms with Gasteiger partial charge < -0.3 is 9.47 Å². The van der Waals surface area contributed by atoms with E-state index in [2.05, 4.69) is 6.58 Å². The summed E-state index contributed by atoms with van der Waals surface area (Å²) in [6, 6.07) is 9.74. The monoisotopic (exact) mass is 474 g/mol. The van der Waals surface area contributed by atoms with Gasteiger partial charge in [-0.15, -0.1) is 0 Å². The summed E-state index contributed by atoms with van der Waals surface area (Å²) in [6.07, 6.45) is 1.69. The van der Waals surface area contributed by atoms with Crippen molar-refractivity contribution in [2.75, 3.05) is 13.2 Å². The van der Waals surface area contributed by atoms with Crippen LogP contribution in [-0.2, 0) is 4.74 Å². The van der Waals surface area contributed by atoms with Crippen LogP contribution in [0.1, 0.15) is 48.5 Å². The van der Waals surface area contributed by atoms with Gasteiger partial charge in [0.1, 0.15) is 5.82 Å². The third-order valence-electron chi connectivity index (χ3n) is 6.09. The molecule has 3 aromatic carbocycles. The minimum absolute atomic E-state index is 0.000276. The molecule has 1 aliphatic rings. The molecule has 0 N–H and O–H groups in total. The van der Waals surface area contributed by atoms with E-state index in [1.807, 2.05) is 0 Å². The first-order chi connectivity index (χ1) is 16.3. The average Bonchev–Trinajstić information content (AvgIpc) is 2.84. The van der Waals surface area contributed by atoms with Gasteiger partial charge in [-0.25, -0.2) is 17.6 Å². The van der Waals surface area contributed by atoms with Crippen LogP contribution in [0.25, 0.3) is 17.2 Å². The van der Waals surface area contributed by atoms with Gasteiger partial charge >= 0.3 is 0 Å². The highest BCUT2D eigenvalue weighted by molar-refractivity contribution is 5.66. The Morgan fingerprint density at radius 3 is 2.24 bits per heavy atom. The lowest BCUT2D eigenvalue weighted by Gasteiger charge is -2.30. The molecule has 1 saturated heterocycles. The average molecular weight is 474 g/mol. The topological polar surface area (TPSA) is 18.5 Å². The maximum Gasteiger partial charge on any atom is 0.201 e. The minimum Gasteiger partial charge on any atom is -0.491 e. The Bertz CT molecular complexity index is 1220. The molecule has 7 heteroatoms. The molecule has 178 valence electrons. The first kappa shape index (κ1) is 24.0. The van der Waals surface area contributed by atoms with Crippen molar-refractivity contribution < 1.29 is 31.4 Å². The van der Waals surface area contributed by atoms with Crippen molar-refractivity contribution in [2.24, 2.45) is 0 Å². The Labute approximate surface area is 194 Å². The van der Waals surface area contributed by atoms with Crippen molar-refractivity contribution in [1.29, 1.82) is 0 Å². The molecule has 0 aliphatic carbocycles. The summed E-state index contributed by atoms with van der Waals surface area (Å²) >= 11 is 0. The summed E-state index contributed by atoms with van der Waals surface area (Å²) in [5.74, 6) is -5.80. The molecule has 0 amide bonds. The summed E-state index contributed by atoms with van der Waals surface area (Å²) in [4.78, 5) is 0. The van der Waals surface area contributed by atoms with E-state index in [0.717, 1.165) is 11.6 Å². The highest BCUT2D eigenvalue weighted by Gasteiger charge is 2.29. The Morgan fingerprint density at radius 1 is 0.912 bits per heavy atom. The number of halogens is 5. The Balaban J connectivity index is 1.54. The van der Waals surface area contributed by atoms with E-state index in [1.54, 1.807) is 19.1 Å². The molecule has 1 heterocycles. The SMILES string of the molecule is C=Cc1ccc(C2CCC(c3ccc(-c4ccc(OCC)c(F)c4F)c(F)c3F)OC2)cc1F. The second-order valence-electron chi connectivity index (χ2n) is 8.08. The minimum atomic E-state index is -1.32. The van der Waals surface area contributed by atoms with Crippen LogP contribution in [0.2, 0.25) is 0 Å². The number of hydrogen-bond acceptors (Lipinski definition) is 2. The molecule has 0 radical (unpaired) electrons. The zero-order valence-corrected chi connectivity index (χ0v) is 18.5. The number of rotatable bonds is 6.